The third-order valence-electron chi connectivity index (χ3n) is 7.42. The summed E-state index contributed by atoms with van der Waals surface area (Å²) in [6.45, 7) is 22.8. The normalized spacial score (nSPS) is 10.6. The summed E-state index contributed by atoms with van der Waals surface area (Å²) in [4.78, 5) is 8.83. The van der Waals surface area contributed by atoms with Gasteiger partial charge in [0, 0.05) is 29.0 Å². The average Bonchev–Trinajstić information content (AvgIpc) is 3.13. The molecule has 0 spiro atoms. The van der Waals surface area contributed by atoms with E-state index in [1.165, 1.54) is 22.7 Å². The molecular formula is C45H50N4. The molecule has 0 aliphatic heterocycles. The standard InChI is InChI=1S/C19H16N2.C10H9N.C10H15N.C6H10/c1-3-15-12-16(8-7-14(15)2)17-9-10-19(21-13-17)18-6-4-5-11-20-18;11-10-7-3-5-8-4-1-2-6-9(8)10;1-3-10(4-2)8-6-5-7-9-11;1-5(2)6(3)4/h3-13H,1H2,2H3;1-7H,11H2;3-7,9H,1,8,11H2,2H3;1,3H2,2,4H3/b;;6-5-,9-7-,10-4+;. The first-order chi connectivity index (χ1) is 23.6. The lowest BCUT2D eigenvalue weighted by Crippen LogP contribution is -1.88. The molecule has 0 saturated heterocycles. The molecule has 0 unspecified atom stereocenters. The maximum Gasteiger partial charge on any atom is 0.0886 e. The first-order valence-electron chi connectivity index (χ1n) is 16.1. The van der Waals surface area contributed by atoms with Crippen LogP contribution in [0.5, 0.6) is 0 Å². The van der Waals surface area contributed by atoms with E-state index in [9.17, 15) is 0 Å². The van der Waals surface area contributed by atoms with Crippen molar-refractivity contribution >= 4 is 22.5 Å². The van der Waals surface area contributed by atoms with E-state index in [1.54, 1.807) is 12.3 Å². The molecule has 2 aromatic heterocycles. The highest BCUT2D eigenvalue weighted by atomic mass is 14.8. The summed E-state index contributed by atoms with van der Waals surface area (Å²) in [5.41, 5.74) is 21.5. The van der Waals surface area contributed by atoms with Crippen molar-refractivity contribution in [2.24, 2.45) is 5.73 Å². The molecule has 0 amide bonds. The van der Waals surface area contributed by atoms with Gasteiger partial charge in [0.1, 0.15) is 0 Å². The van der Waals surface area contributed by atoms with Crippen LogP contribution in [-0.2, 0) is 0 Å². The van der Waals surface area contributed by atoms with Crippen LogP contribution in [0.15, 0.2) is 183 Å². The van der Waals surface area contributed by atoms with E-state index in [4.69, 9.17) is 11.5 Å². The van der Waals surface area contributed by atoms with Crippen LogP contribution >= 0.6 is 0 Å². The van der Waals surface area contributed by atoms with E-state index < -0.39 is 0 Å². The molecule has 0 saturated carbocycles. The first kappa shape index (κ1) is 39.2. The quantitative estimate of drug-likeness (QED) is 0.130. The highest BCUT2D eigenvalue weighted by molar-refractivity contribution is 5.92. The molecule has 0 radical (unpaired) electrons. The van der Waals surface area contributed by atoms with Crippen molar-refractivity contribution in [2.75, 3.05) is 5.73 Å². The van der Waals surface area contributed by atoms with E-state index in [0.717, 1.165) is 56.7 Å². The van der Waals surface area contributed by atoms with Crippen molar-refractivity contribution in [3.05, 3.63) is 194 Å². The Morgan fingerprint density at radius 1 is 0.776 bits per heavy atom. The zero-order valence-corrected chi connectivity index (χ0v) is 29.4. The van der Waals surface area contributed by atoms with Gasteiger partial charge in [0.2, 0.25) is 0 Å². The maximum absolute atomic E-state index is 5.76. The fraction of sp³-hybridized carbons (Fsp3) is 0.111. The number of nitrogens with zero attached hydrogens (tertiary/aromatic N) is 2. The lowest BCUT2D eigenvalue weighted by atomic mass is 10.0. The number of pyridine rings is 2. The van der Waals surface area contributed by atoms with Gasteiger partial charge in [-0.2, -0.15) is 0 Å². The van der Waals surface area contributed by atoms with Crippen molar-refractivity contribution in [3.8, 4) is 22.5 Å². The number of aryl methyl sites for hydroxylation is 1. The molecule has 3 aromatic carbocycles. The fourth-order valence-corrected chi connectivity index (χ4v) is 4.19. The van der Waals surface area contributed by atoms with Crippen LogP contribution in [0.4, 0.5) is 5.69 Å². The third kappa shape index (κ3) is 13.7. The molecule has 0 fully saturated rings. The fourth-order valence-electron chi connectivity index (χ4n) is 4.19. The van der Waals surface area contributed by atoms with Gasteiger partial charge >= 0.3 is 0 Å². The smallest absolute Gasteiger partial charge is 0.0886 e. The Morgan fingerprint density at radius 2 is 1.45 bits per heavy atom. The minimum absolute atomic E-state index is 0.850. The Bertz CT molecular complexity index is 1880. The topological polar surface area (TPSA) is 77.8 Å². The Labute approximate surface area is 294 Å². The summed E-state index contributed by atoms with van der Waals surface area (Å²) in [7, 11) is 0. The number of anilines is 1. The Kier molecular flexibility index (Phi) is 17.4. The van der Waals surface area contributed by atoms with Crippen LogP contribution in [0, 0.1) is 6.92 Å². The van der Waals surface area contributed by atoms with E-state index >= 15 is 0 Å². The number of hydrogen-bond acceptors (Lipinski definition) is 4. The van der Waals surface area contributed by atoms with Crippen LogP contribution in [-0.4, -0.2) is 9.97 Å². The van der Waals surface area contributed by atoms with Crippen molar-refractivity contribution in [2.45, 2.75) is 34.1 Å². The maximum atomic E-state index is 5.76. The summed E-state index contributed by atoms with van der Waals surface area (Å²) in [6.07, 6.45) is 17.7. The molecule has 0 bridgehead atoms. The zero-order chi connectivity index (χ0) is 36.0. The van der Waals surface area contributed by atoms with Crippen LogP contribution in [0.25, 0.3) is 39.4 Å². The molecule has 4 nitrogen and oxygen atoms in total. The van der Waals surface area contributed by atoms with E-state index in [-0.39, 0.29) is 0 Å². The van der Waals surface area contributed by atoms with Gasteiger partial charge < -0.3 is 11.5 Å². The van der Waals surface area contributed by atoms with E-state index in [0.29, 0.717) is 0 Å². The lowest BCUT2D eigenvalue weighted by molar-refractivity contribution is 1.25. The predicted octanol–water partition coefficient (Wildman–Crippen LogP) is 11.9. The number of allylic oxidation sites excluding steroid dienone is 8. The highest BCUT2D eigenvalue weighted by Gasteiger charge is 2.04. The van der Waals surface area contributed by atoms with Gasteiger partial charge in [-0.25, -0.2) is 0 Å². The number of aromatic nitrogens is 2. The van der Waals surface area contributed by atoms with Gasteiger partial charge in [-0.3, -0.25) is 9.97 Å². The van der Waals surface area contributed by atoms with Crippen molar-refractivity contribution in [1.29, 1.82) is 0 Å². The summed E-state index contributed by atoms with van der Waals surface area (Å²) in [6, 6.07) is 30.3. The summed E-state index contributed by atoms with van der Waals surface area (Å²) >= 11 is 0. The molecule has 5 rings (SSSR count). The van der Waals surface area contributed by atoms with Gasteiger partial charge in [0.15, 0.2) is 0 Å². The number of benzene rings is 3. The SMILES string of the molecule is C=C(C)C(=C)C.C=C/C(=C\C)C/C=C\C=C/N.C=Cc1cc(-c2ccc(-c3ccccn3)nc2)ccc1C.Nc1cccc2ccccc12. The number of nitrogen functional groups attached to an aromatic ring is 1. The Balaban J connectivity index is 0.000000253. The third-order valence-corrected chi connectivity index (χ3v) is 7.42. The molecule has 4 heteroatoms. The summed E-state index contributed by atoms with van der Waals surface area (Å²) < 4.78 is 0. The van der Waals surface area contributed by atoms with Crippen LogP contribution in [0.3, 0.4) is 0 Å². The molecule has 0 aliphatic rings. The Morgan fingerprint density at radius 3 is 2.02 bits per heavy atom. The molecule has 250 valence electrons. The van der Waals surface area contributed by atoms with Gasteiger partial charge in [-0.05, 0) is 104 Å². The number of fused-ring (bicyclic) bond motifs is 1. The monoisotopic (exact) mass is 646 g/mol. The number of hydrogen-bond donors (Lipinski definition) is 2. The largest absolute Gasteiger partial charge is 0.405 e. The second-order valence-electron chi connectivity index (χ2n) is 11.1. The molecule has 4 N–H and O–H groups in total. The minimum atomic E-state index is 0.850. The highest BCUT2D eigenvalue weighted by Crippen LogP contribution is 2.24. The molecule has 0 atom stereocenters. The number of nitrogens with two attached hydrogens (primary N) is 2. The van der Waals surface area contributed by atoms with Gasteiger partial charge in [0.05, 0.1) is 11.4 Å². The lowest BCUT2D eigenvalue weighted by Gasteiger charge is -2.06. The first-order valence-corrected chi connectivity index (χ1v) is 16.1. The zero-order valence-electron chi connectivity index (χ0n) is 29.4. The van der Waals surface area contributed by atoms with Gasteiger partial charge in [0.25, 0.3) is 0 Å². The molecule has 2 heterocycles. The van der Waals surface area contributed by atoms with Crippen LogP contribution in [0.1, 0.15) is 38.3 Å². The van der Waals surface area contributed by atoms with Crippen LogP contribution in [0.2, 0.25) is 0 Å². The van der Waals surface area contributed by atoms with Crippen molar-refractivity contribution in [3.63, 3.8) is 0 Å². The van der Waals surface area contributed by atoms with Crippen molar-refractivity contribution < 1.29 is 0 Å². The minimum Gasteiger partial charge on any atom is -0.405 e. The van der Waals surface area contributed by atoms with E-state index in [1.807, 2.05) is 112 Å². The number of rotatable bonds is 8. The molecule has 5 aromatic rings. The Hall–Kier alpha value is -6.00. The second kappa shape index (κ2) is 21.7. The summed E-state index contributed by atoms with van der Waals surface area (Å²) in [5, 5.41) is 2.34. The van der Waals surface area contributed by atoms with E-state index in [2.05, 4.69) is 79.6 Å². The molecular weight excluding hydrogens is 597 g/mol. The predicted molar refractivity (Wildman–Crippen MR) is 217 cm³/mol. The van der Waals surface area contributed by atoms with Gasteiger partial charge in [-0.15, -0.1) is 0 Å². The van der Waals surface area contributed by atoms with Crippen molar-refractivity contribution in [1.82, 2.24) is 9.97 Å². The molecule has 0 aliphatic carbocycles. The second-order valence-corrected chi connectivity index (χ2v) is 11.1. The average molecular weight is 647 g/mol. The van der Waals surface area contributed by atoms with Gasteiger partial charge in [-0.1, -0.05) is 129 Å². The van der Waals surface area contributed by atoms with Crippen LogP contribution < -0.4 is 11.5 Å². The molecule has 49 heavy (non-hydrogen) atoms. The summed E-state index contributed by atoms with van der Waals surface area (Å²) in [5.74, 6) is 0.